The van der Waals surface area contributed by atoms with E-state index in [1.807, 2.05) is 12.1 Å². The van der Waals surface area contributed by atoms with E-state index in [9.17, 15) is 4.39 Å². The lowest BCUT2D eigenvalue weighted by Crippen LogP contribution is -2.54. The first-order valence-electron chi connectivity index (χ1n) is 11.2. The number of hydrogen-bond acceptors (Lipinski definition) is 7. The van der Waals surface area contributed by atoms with Gasteiger partial charge in [-0.25, -0.2) is 9.82 Å². The Kier molecular flexibility index (Phi) is 6.23. The van der Waals surface area contributed by atoms with Crippen molar-refractivity contribution in [1.29, 1.82) is 0 Å². The number of rotatable bonds is 7. The molecule has 2 aromatic rings. The zero-order valence-electron chi connectivity index (χ0n) is 18.1. The molecule has 1 fully saturated rings. The third-order valence-electron chi connectivity index (χ3n) is 6.04. The highest BCUT2D eigenvalue weighted by Crippen LogP contribution is 2.35. The van der Waals surface area contributed by atoms with E-state index in [4.69, 9.17) is 4.74 Å². The van der Waals surface area contributed by atoms with Crippen molar-refractivity contribution in [3.05, 3.63) is 77.9 Å². The Morgan fingerprint density at radius 2 is 1.94 bits per heavy atom. The van der Waals surface area contributed by atoms with Crippen LogP contribution in [-0.4, -0.2) is 33.9 Å². The number of ether oxygens (including phenoxy) is 1. The Hall–Kier alpha value is -2.71. The van der Waals surface area contributed by atoms with Gasteiger partial charge in [-0.1, -0.05) is 49.4 Å². The molecule has 3 unspecified atom stereocenters. The number of hydrazine groups is 1. The summed E-state index contributed by atoms with van der Waals surface area (Å²) in [4.78, 5) is 2.20. The van der Waals surface area contributed by atoms with Crippen molar-refractivity contribution in [2.24, 2.45) is 5.10 Å². The standard InChI is InChI=1S/C24H28FN5OS/c1-2-3-14-31-20-10-6-18(7-11-20)21-15-22-23-26-27-24(29(23)12-13-30(22)28-21)32-16-17-4-8-19(25)9-5-17/h4-13,21-23,26,28H,2-3,14-16H2,1H3. The highest BCUT2D eigenvalue weighted by molar-refractivity contribution is 8.13. The Labute approximate surface area is 192 Å². The number of hydrogen-bond donors (Lipinski definition) is 2. The molecule has 3 aliphatic heterocycles. The molecule has 1 saturated heterocycles. The molecule has 0 radical (unpaired) electrons. The van der Waals surface area contributed by atoms with E-state index in [-0.39, 0.29) is 24.1 Å². The van der Waals surface area contributed by atoms with E-state index in [2.05, 4.69) is 69.5 Å². The van der Waals surface area contributed by atoms with Gasteiger partial charge in [0, 0.05) is 18.2 Å². The fourth-order valence-corrected chi connectivity index (χ4v) is 5.16. The third-order valence-corrected chi connectivity index (χ3v) is 7.07. The van der Waals surface area contributed by atoms with Crippen LogP contribution in [-0.2, 0) is 5.75 Å². The van der Waals surface area contributed by atoms with E-state index in [0.29, 0.717) is 0 Å². The predicted molar refractivity (Wildman–Crippen MR) is 126 cm³/mol. The van der Waals surface area contributed by atoms with Gasteiger partial charge in [-0.2, -0.15) is 5.10 Å². The first-order valence-corrected chi connectivity index (χ1v) is 12.1. The van der Waals surface area contributed by atoms with Gasteiger partial charge < -0.3 is 14.6 Å². The molecule has 0 aliphatic carbocycles. The van der Waals surface area contributed by atoms with Gasteiger partial charge in [0.15, 0.2) is 5.17 Å². The van der Waals surface area contributed by atoms with Gasteiger partial charge >= 0.3 is 0 Å². The number of halogens is 1. The summed E-state index contributed by atoms with van der Waals surface area (Å²) in [6.07, 6.45) is 7.43. The van der Waals surface area contributed by atoms with Crippen LogP contribution in [0.2, 0.25) is 0 Å². The number of thioether (sulfide) groups is 1. The van der Waals surface area contributed by atoms with Crippen LogP contribution in [0.4, 0.5) is 4.39 Å². The molecular formula is C24H28FN5OS. The molecule has 0 amide bonds. The number of fused-ring (bicyclic) bond motifs is 3. The number of benzene rings is 2. The quantitative estimate of drug-likeness (QED) is 0.600. The molecule has 2 N–H and O–H groups in total. The summed E-state index contributed by atoms with van der Waals surface area (Å²) in [6.45, 7) is 2.93. The lowest BCUT2D eigenvalue weighted by Gasteiger charge is -2.36. The van der Waals surface area contributed by atoms with E-state index >= 15 is 0 Å². The van der Waals surface area contributed by atoms with Crippen LogP contribution >= 0.6 is 11.8 Å². The fourth-order valence-electron chi connectivity index (χ4n) is 4.23. The maximum absolute atomic E-state index is 13.1. The van der Waals surface area contributed by atoms with Gasteiger partial charge in [0.1, 0.15) is 17.7 Å². The molecular weight excluding hydrogens is 425 g/mol. The Bertz CT molecular complexity index is 981. The monoisotopic (exact) mass is 453 g/mol. The molecule has 0 aromatic heterocycles. The molecule has 3 atom stereocenters. The van der Waals surface area contributed by atoms with Crippen molar-refractivity contribution < 1.29 is 9.13 Å². The van der Waals surface area contributed by atoms with E-state index in [1.165, 1.54) is 17.7 Å². The zero-order chi connectivity index (χ0) is 21.9. The van der Waals surface area contributed by atoms with Crippen LogP contribution in [0.1, 0.15) is 43.4 Å². The largest absolute Gasteiger partial charge is 0.494 e. The van der Waals surface area contributed by atoms with E-state index in [1.54, 1.807) is 11.8 Å². The molecule has 32 heavy (non-hydrogen) atoms. The van der Waals surface area contributed by atoms with Gasteiger partial charge in [-0.05, 0) is 48.2 Å². The van der Waals surface area contributed by atoms with Crippen LogP contribution in [0.5, 0.6) is 5.75 Å². The fraction of sp³-hybridized carbons (Fsp3) is 0.375. The van der Waals surface area contributed by atoms with Gasteiger partial charge in [-0.3, -0.25) is 5.43 Å². The van der Waals surface area contributed by atoms with Gasteiger partial charge in [0.2, 0.25) is 0 Å². The zero-order valence-corrected chi connectivity index (χ0v) is 18.9. The van der Waals surface area contributed by atoms with Gasteiger partial charge in [0.05, 0.1) is 18.7 Å². The maximum atomic E-state index is 13.1. The average Bonchev–Trinajstić information content (AvgIpc) is 3.43. The summed E-state index contributed by atoms with van der Waals surface area (Å²) >= 11 is 1.66. The van der Waals surface area contributed by atoms with Crippen molar-refractivity contribution >= 4 is 16.9 Å². The van der Waals surface area contributed by atoms with E-state index in [0.717, 1.165) is 48.1 Å². The smallest absolute Gasteiger partial charge is 0.189 e. The number of nitrogens with one attached hydrogen (secondary N) is 2. The summed E-state index contributed by atoms with van der Waals surface area (Å²) in [5.41, 5.74) is 9.27. The molecule has 3 aliphatic rings. The van der Waals surface area contributed by atoms with Crippen LogP contribution < -0.4 is 15.6 Å². The highest BCUT2D eigenvalue weighted by atomic mass is 32.2. The van der Waals surface area contributed by atoms with Crippen molar-refractivity contribution in [3.8, 4) is 5.75 Å². The second-order valence-corrected chi connectivity index (χ2v) is 9.19. The summed E-state index contributed by atoms with van der Waals surface area (Å²) in [7, 11) is 0. The average molecular weight is 454 g/mol. The van der Waals surface area contributed by atoms with Crippen LogP contribution in [0.15, 0.2) is 66.0 Å². The number of unbranched alkanes of at least 4 members (excludes halogenated alkanes) is 1. The SMILES string of the molecule is CCCCOc1ccc(C2CC3C4NN=C(SCc5ccc(F)cc5)N4C=CN3N2)cc1. The molecule has 8 heteroatoms. The van der Waals surface area contributed by atoms with Crippen molar-refractivity contribution in [2.75, 3.05) is 6.61 Å². The minimum Gasteiger partial charge on any atom is -0.494 e. The van der Waals surface area contributed by atoms with Crippen molar-refractivity contribution in [2.45, 2.75) is 50.2 Å². The lowest BCUT2D eigenvalue weighted by atomic mass is 10.00. The van der Waals surface area contributed by atoms with Gasteiger partial charge in [-0.15, -0.1) is 0 Å². The number of amidine groups is 1. The van der Waals surface area contributed by atoms with E-state index < -0.39 is 0 Å². The minimum atomic E-state index is -0.209. The highest BCUT2D eigenvalue weighted by Gasteiger charge is 2.44. The first-order chi connectivity index (χ1) is 15.7. The topological polar surface area (TPSA) is 52.1 Å². The number of nitrogens with zero attached hydrogens (tertiary/aromatic N) is 3. The Balaban J connectivity index is 1.18. The predicted octanol–water partition coefficient (Wildman–Crippen LogP) is 4.55. The summed E-state index contributed by atoms with van der Waals surface area (Å²) in [5.74, 6) is 1.47. The van der Waals surface area contributed by atoms with Crippen LogP contribution in [0.25, 0.3) is 0 Å². The van der Waals surface area contributed by atoms with Crippen molar-refractivity contribution in [3.63, 3.8) is 0 Å². The molecule has 6 nitrogen and oxygen atoms in total. The summed E-state index contributed by atoms with van der Waals surface area (Å²) in [5, 5.41) is 7.70. The summed E-state index contributed by atoms with van der Waals surface area (Å²) < 4.78 is 18.9. The second-order valence-electron chi connectivity index (χ2n) is 8.25. The molecule has 0 saturated carbocycles. The Morgan fingerprint density at radius 3 is 2.72 bits per heavy atom. The first kappa shape index (κ1) is 21.2. The lowest BCUT2D eigenvalue weighted by molar-refractivity contribution is 0.152. The molecule has 5 rings (SSSR count). The minimum absolute atomic E-state index is 0.0878. The third kappa shape index (κ3) is 4.42. The van der Waals surface area contributed by atoms with Crippen LogP contribution in [0, 0.1) is 5.82 Å². The number of hydrazone groups is 1. The van der Waals surface area contributed by atoms with Crippen molar-refractivity contribution in [1.82, 2.24) is 20.8 Å². The Morgan fingerprint density at radius 1 is 1.12 bits per heavy atom. The second kappa shape index (κ2) is 9.42. The molecule has 3 heterocycles. The van der Waals surface area contributed by atoms with Crippen LogP contribution in [0.3, 0.4) is 0 Å². The molecule has 0 bridgehead atoms. The maximum Gasteiger partial charge on any atom is 0.189 e. The molecule has 168 valence electrons. The normalized spacial score (nSPS) is 23.6. The van der Waals surface area contributed by atoms with Gasteiger partial charge in [0.25, 0.3) is 0 Å². The molecule has 2 aromatic carbocycles. The summed E-state index contributed by atoms with van der Waals surface area (Å²) in [6, 6.07) is 15.6. The molecule has 0 spiro atoms.